The van der Waals surface area contributed by atoms with E-state index in [1.165, 1.54) is 6.20 Å². The zero-order valence-corrected chi connectivity index (χ0v) is 6.84. The predicted molar refractivity (Wildman–Crippen MR) is 44.2 cm³/mol. The molecular formula is C6H7BClN2O. The van der Waals surface area contributed by atoms with Gasteiger partial charge in [-0.2, -0.15) is 0 Å². The molecule has 0 saturated carbocycles. The second kappa shape index (κ2) is 3.69. The molecule has 1 rings (SSSR count). The summed E-state index contributed by atoms with van der Waals surface area (Å²) < 4.78 is 0. The lowest BCUT2D eigenvalue weighted by atomic mass is 9.81. The number of nitrogens with zero attached hydrogens (tertiary/aromatic N) is 2. The van der Waals surface area contributed by atoms with Gasteiger partial charge in [-0.25, -0.2) is 4.98 Å². The van der Waals surface area contributed by atoms with Gasteiger partial charge in [0.05, 0.1) is 12.3 Å². The molecule has 0 saturated heterocycles. The Balaban J connectivity index is 2.99. The van der Waals surface area contributed by atoms with E-state index in [1.807, 2.05) is 6.82 Å². The molecule has 0 aromatic carbocycles. The number of aliphatic hydroxyl groups excluding tert-OH is 1. The molecule has 0 aliphatic rings. The topological polar surface area (TPSA) is 46.0 Å². The third-order valence-corrected chi connectivity index (χ3v) is 1.59. The van der Waals surface area contributed by atoms with Crippen molar-refractivity contribution < 1.29 is 5.11 Å². The fourth-order valence-corrected chi connectivity index (χ4v) is 0.839. The van der Waals surface area contributed by atoms with Gasteiger partial charge in [-0.3, -0.25) is 4.98 Å². The van der Waals surface area contributed by atoms with Crippen molar-refractivity contribution in [3.63, 3.8) is 0 Å². The van der Waals surface area contributed by atoms with Gasteiger partial charge < -0.3 is 5.11 Å². The van der Waals surface area contributed by atoms with Crippen LogP contribution in [-0.4, -0.2) is 22.4 Å². The molecule has 0 fully saturated rings. The molecule has 1 radical (unpaired) electrons. The summed E-state index contributed by atoms with van der Waals surface area (Å²) in [6, 6.07) is 0. The molecular weight excluding hydrogens is 162 g/mol. The van der Waals surface area contributed by atoms with E-state index < -0.39 is 0 Å². The van der Waals surface area contributed by atoms with Crippen LogP contribution in [0.25, 0.3) is 0 Å². The first-order valence-corrected chi connectivity index (χ1v) is 3.57. The van der Waals surface area contributed by atoms with Crippen LogP contribution in [0.2, 0.25) is 12.0 Å². The highest BCUT2D eigenvalue weighted by Crippen LogP contribution is 2.07. The maximum absolute atomic E-state index is 8.71. The van der Waals surface area contributed by atoms with E-state index in [9.17, 15) is 0 Å². The first kappa shape index (κ1) is 8.49. The van der Waals surface area contributed by atoms with E-state index in [-0.39, 0.29) is 6.61 Å². The summed E-state index contributed by atoms with van der Waals surface area (Å²) in [5.41, 5.74) is 1.13. The Morgan fingerprint density at radius 1 is 1.73 bits per heavy atom. The summed E-state index contributed by atoms with van der Waals surface area (Å²) in [6.45, 7) is 1.70. The van der Waals surface area contributed by atoms with Crippen molar-refractivity contribution in [2.45, 2.75) is 13.4 Å². The summed E-state index contributed by atoms with van der Waals surface area (Å²) in [5.74, 6) is 0. The number of aliphatic hydroxyl groups is 1. The Morgan fingerprint density at radius 2 is 2.45 bits per heavy atom. The van der Waals surface area contributed by atoms with Crippen LogP contribution < -0.4 is 5.72 Å². The van der Waals surface area contributed by atoms with Gasteiger partial charge in [0.2, 0.25) is 7.28 Å². The van der Waals surface area contributed by atoms with Gasteiger partial charge in [-0.05, 0) is 0 Å². The Bertz CT molecular complexity index is 256. The van der Waals surface area contributed by atoms with E-state index in [4.69, 9.17) is 16.7 Å². The van der Waals surface area contributed by atoms with Gasteiger partial charge >= 0.3 is 0 Å². The molecule has 0 amide bonds. The van der Waals surface area contributed by atoms with Crippen LogP contribution in [0.5, 0.6) is 0 Å². The third-order valence-electron chi connectivity index (χ3n) is 1.26. The fourth-order valence-electron chi connectivity index (χ4n) is 0.644. The molecule has 1 aromatic rings. The number of rotatable bonds is 2. The van der Waals surface area contributed by atoms with E-state index >= 15 is 0 Å². The van der Waals surface area contributed by atoms with Crippen molar-refractivity contribution in [1.82, 2.24) is 9.97 Å². The van der Waals surface area contributed by atoms with Crippen LogP contribution in [0.1, 0.15) is 5.56 Å². The first-order chi connectivity index (χ1) is 5.27. The van der Waals surface area contributed by atoms with E-state index in [0.717, 1.165) is 0 Å². The highest BCUT2D eigenvalue weighted by molar-refractivity contribution is 6.49. The van der Waals surface area contributed by atoms with Gasteiger partial charge in [0, 0.05) is 11.8 Å². The van der Waals surface area contributed by atoms with Crippen molar-refractivity contribution >= 4 is 24.6 Å². The van der Waals surface area contributed by atoms with E-state index in [0.29, 0.717) is 16.4 Å². The summed E-state index contributed by atoms with van der Waals surface area (Å²) in [5, 5.41) is 9.02. The maximum atomic E-state index is 8.71. The standard InChI is InChI=1S/C6H7BClN2O/c1-7-6-9-2-4(3-11)5(8)10-6/h2,11H,3H2,1H3. The van der Waals surface area contributed by atoms with Crippen LogP contribution in [0.15, 0.2) is 6.20 Å². The summed E-state index contributed by atoms with van der Waals surface area (Å²) in [4.78, 5) is 7.82. The largest absolute Gasteiger partial charge is 0.392 e. The number of halogens is 1. The zero-order valence-electron chi connectivity index (χ0n) is 6.08. The van der Waals surface area contributed by atoms with Gasteiger partial charge in [0.15, 0.2) is 0 Å². The van der Waals surface area contributed by atoms with Crippen molar-refractivity contribution in [2.75, 3.05) is 0 Å². The predicted octanol–water partition coefficient (Wildman–Crippen LogP) is -0.0001000. The zero-order chi connectivity index (χ0) is 8.27. The van der Waals surface area contributed by atoms with Crippen molar-refractivity contribution in [1.29, 1.82) is 0 Å². The van der Waals surface area contributed by atoms with Gasteiger partial charge in [-0.15, -0.1) is 0 Å². The number of hydrogen-bond acceptors (Lipinski definition) is 3. The minimum atomic E-state index is -0.122. The van der Waals surface area contributed by atoms with Crippen LogP contribution >= 0.6 is 11.6 Å². The highest BCUT2D eigenvalue weighted by atomic mass is 35.5. The average molecular weight is 169 g/mol. The molecule has 0 aliphatic heterocycles. The summed E-state index contributed by atoms with van der Waals surface area (Å²) >= 11 is 5.68. The molecule has 0 aliphatic carbocycles. The van der Waals surface area contributed by atoms with Gasteiger partial charge in [-0.1, -0.05) is 18.4 Å². The monoisotopic (exact) mass is 169 g/mol. The second-order valence-corrected chi connectivity index (χ2v) is 2.35. The van der Waals surface area contributed by atoms with Crippen molar-refractivity contribution in [3.05, 3.63) is 16.9 Å². The van der Waals surface area contributed by atoms with Crippen LogP contribution in [0, 0.1) is 0 Å². The Morgan fingerprint density at radius 3 is 2.91 bits per heavy atom. The van der Waals surface area contributed by atoms with Crippen LogP contribution in [0.4, 0.5) is 0 Å². The minimum Gasteiger partial charge on any atom is -0.392 e. The lowest BCUT2D eigenvalue weighted by molar-refractivity contribution is 0.281. The molecule has 0 atom stereocenters. The lowest BCUT2D eigenvalue weighted by Gasteiger charge is -1.99. The molecule has 57 valence electrons. The SMILES string of the molecule is C[B]c1ncc(CO)c(Cl)n1. The van der Waals surface area contributed by atoms with Crippen LogP contribution in [0.3, 0.4) is 0 Å². The third kappa shape index (κ3) is 1.91. The second-order valence-electron chi connectivity index (χ2n) is 1.99. The molecule has 1 N–H and O–H groups in total. The van der Waals surface area contributed by atoms with Crippen molar-refractivity contribution in [2.24, 2.45) is 0 Å². The molecule has 0 bridgehead atoms. The maximum Gasteiger partial charge on any atom is 0.201 e. The molecule has 5 heteroatoms. The molecule has 3 nitrogen and oxygen atoms in total. The van der Waals surface area contributed by atoms with Crippen molar-refractivity contribution in [3.8, 4) is 0 Å². The van der Waals surface area contributed by atoms with Gasteiger partial charge in [0.1, 0.15) is 5.15 Å². The molecule has 0 unspecified atom stereocenters. The van der Waals surface area contributed by atoms with E-state index in [1.54, 1.807) is 7.28 Å². The average Bonchev–Trinajstić information content (AvgIpc) is 2.04. The van der Waals surface area contributed by atoms with Crippen LogP contribution in [-0.2, 0) is 6.61 Å². The molecule has 11 heavy (non-hydrogen) atoms. The fraction of sp³-hybridized carbons (Fsp3) is 0.333. The number of hydrogen-bond donors (Lipinski definition) is 1. The summed E-state index contributed by atoms with van der Waals surface area (Å²) in [7, 11) is 1.74. The Kier molecular flexibility index (Phi) is 2.85. The molecule has 0 spiro atoms. The Labute approximate surface area is 70.7 Å². The molecule has 1 aromatic heterocycles. The summed E-state index contributed by atoms with van der Waals surface area (Å²) in [6.07, 6.45) is 1.52. The lowest BCUT2D eigenvalue weighted by Crippen LogP contribution is -2.20. The minimum absolute atomic E-state index is 0.122. The molecule has 1 heterocycles. The first-order valence-electron chi connectivity index (χ1n) is 3.19. The normalized spacial score (nSPS) is 9.73. The quantitative estimate of drug-likeness (QED) is 0.501. The van der Waals surface area contributed by atoms with Gasteiger partial charge in [0.25, 0.3) is 0 Å². The number of aromatic nitrogens is 2. The Hall–Kier alpha value is -0.605. The smallest absolute Gasteiger partial charge is 0.201 e. The van der Waals surface area contributed by atoms with E-state index in [2.05, 4.69) is 9.97 Å². The highest BCUT2D eigenvalue weighted by Gasteiger charge is 2.01.